The molecule has 3 rings (SSSR count). The topological polar surface area (TPSA) is 69.2 Å². The molecule has 27 heavy (non-hydrogen) atoms. The maximum atomic E-state index is 12.3. The lowest BCUT2D eigenvalue weighted by atomic mass is 10.1. The van der Waals surface area contributed by atoms with Crippen LogP contribution in [0.2, 0.25) is 0 Å². The van der Waals surface area contributed by atoms with Crippen LogP contribution in [0.15, 0.2) is 52.4 Å². The average molecular weight is 384 g/mol. The third-order valence-corrected chi connectivity index (χ3v) is 4.66. The normalized spacial score (nSPS) is 16.5. The minimum absolute atomic E-state index is 0.199. The standard InChI is InChI=1S/C20H20N2O4S/c1-4-26-15-10-8-14(9-11-15)21-20-22-19(23)17(27-20)12-13-6-5-7-16(24-2)18(13)25-3/h5-12H,4H2,1-3H3,(H,21,22,23)/b17-12+. The number of benzene rings is 2. The molecule has 1 fully saturated rings. The summed E-state index contributed by atoms with van der Waals surface area (Å²) in [4.78, 5) is 17.3. The van der Waals surface area contributed by atoms with E-state index in [1.54, 1.807) is 20.3 Å². The highest BCUT2D eigenvalue weighted by Gasteiger charge is 2.24. The zero-order valence-corrected chi connectivity index (χ0v) is 16.1. The van der Waals surface area contributed by atoms with Crippen molar-refractivity contribution < 1.29 is 19.0 Å². The summed E-state index contributed by atoms with van der Waals surface area (Å²) in [6, 6.07) is 12.9. The van der Waals surface area contributed by atoms with Crippen LogP contribution >= 0.6 is 11.8 Å². The molecular formula is C20H20N2O4S. The zero-order valence-electron chi connectivity index (χ0n) is 15.3. The van der Waals surface area contributed by atoms with Crippen LogP contribution in [0.4, 0.5) is 5.69 Å². The number of rotatable bonds is 6. The van der Waals surface area contributed by atoms with Gasteiger partial charge in [-0.25, -0.2) is 4.99 Å². The predicted molar refractivity (Wildman–Crippen MR) is 108 cm³/mol. The van der Waals surface area contributed by atoms with Gasteiger partial charge >= 0.3 is 0 Å². The molecule has 6 nitrogen and oxygen atoms in total. The highest BCUT2D eigenvalue weighted by atomic mass is 32.2. The lowest BCUT2D eigenvalue weighted by Crippen LogP contribution is -2.19. The minimum atomic E-state index is -0.199. The Hall–Kier alpha value is -2.93. The van der Waals surface area contributed by atoms with Crippen molar-refractivity contribution in [2.45, 2.75) is 6.92 Å². The number of para-hydroxylation sites is 1. The second-order valence-electron chi connectivity index (χ2n) is 5.49. The Morgan fingerprint density at radius 1 is 1.11 bits per heavy atom. The molecule has 0 unspecified atom stereocenters. The molecule has 2 aromatic carbocycles. The number of thioether (sulfide) groups is 1. The van der Waals surface area contributed by atoms with E-state index in [1.807, 2.05) is 49.4 Å². The molecule has 1 amide bonds. The monoisotopic (exact) mass is 384 g/mol. The fraction of sp³-hybridized carbons (Fsp3) is 0.200. The van der Waals surface area contributed by atoms with Gasteiger partial charge in [0, 0.05) is 5.56 Å². The quantitative estimate of drug-likeness (QED) is 0.763. The van der Waals surface area contributed by atoms with E-state index >= 15 is 0 Å². The van der Waals surface area contributed by atoms with Crippen LogP contribution in [0.5, 0.6) is 17.2 Å². The van der Waals surface area contributed by atoms with Gasteiger partial charge in [0.25, 0.3) is 5.91 Å². The van der Waals surface area contributed by atoms with E-state index in [4.69, 9.17) is 14.2 Å². The Kier molecular flexibility index (Phi) is 6.03. The van der Waals surface area contributed by atoms with Crippen LogP contribution in [-0.2, 0) is 4.79 Å². The summed E-state index contributed by atoms with van der Waals surface area (Å²) in [5.41, 5.74) is 1.50. The lowest BCUT2D eigenvalue weighted by Gasteiger charge is -2.10. The number of methoxy groups -OCH3 is 2. The fourth-order valence-electron chi connectivity index (χ4n) is 2.55. The molecule has 0 radical (unpaired) electrons. The summed E-state index contributed by atoms with van der Waals surface area (Å²) in [6.45, 7) is 2.55. The van der Waals surface area contributed by atoms with Gasteiger partial charge < -0.3 is 19.5 Å². The van der Waals surface area contributed by atoms with Gasteiger partial charge in [-0.05, 0) is 55.1 Å². The molecule has 1 heterocycles. The summed E-state index contributed by atoms with van der Waals surface area (Å²) in [6.07, 6.45) is 1.77. The second-order valence-corrected chi connectivity index (χ2v) is 6.52. The molecule has 0 atom stereocenters. The molecule has 0 aliphatic carbocycles. The number of nitrogens with one attached hydrogen (secondary N) is 1. The first-order chi connectivity index (χ1) is 13.1. The van der Waals surface area contributed by atoms with Crippen LogP contribution in [0.1, 0.15) is 12.5 Å². The van der Waals surface area contributed by atoms with E-state index in [1.165, 1.54) is 11.8 Å². The Labute approximate surface area is 162 Å². The van der Waals surface area contributed by atoms with Gasteiger partial charge in [0.2, 0.25) is 0 Å². The van der Waals surface area contributed by atoms with Crippen molar-refractivity contribution in [3.63, 3.8) is 0 Å². The van der Waals surface area contributed by atoms with Crippen LogP contribution < -0.4 is 19.5 Å². The molecule has 1 N–H and O–H groups in total. The number of ether oxygens (including phenoxy) is 3. The predicted octanol–water partition coefficient (Wildman–Crippen LogP) is 3.99. The smallest absolute Gasteiger partial charge is 0.264 e. The van der Waals surface area contributed by atoms with Gasteiger partial charge in [0.1, 0.15) is 5.75 Å². The van der Waals surface area contributed by atoms with Gasteiger partial charge in [0.15, 0.2) is 16.7 Å². The first-order valence-electron chi connectivity index (χ1n) is 8.38. The molecule has 1 aliphatic heterocycles. The average Bonchev–Trinajstić information content (AvgIpc) is 3.02. The highest BCUT2D eigenvalue weighted by Crippen LogP contribution is 2.35. The number of nitrogens with zero attached hydrogens (tertiary/aromatic N) is 1. The van der Waals surface area contributed by atoms with E-state index in [0.717, 1.165) is 17.0 Å². The van der Waals surface area contributed by atoms with Gasteiger partial charge in [-0.15, -0.1) is 0 Å². The molecule has 140 valence electrons. The first kappa shape index (κ1) is 18.8. The number of carbonyl (C=O) groups excluding carboxylic acids is 1. The number of amides is 1. The van der Waals surface area contributed by atoms with Gasteiger partial charge in [-0.3, -0.25) is 4.79 Å². The molecule has 0 spiro atoms. The SMILES string of the molecule is CCOc1ccc(N=C2NC(=O)/C(=C\c3cccc(OC)c3OC)S2)cc1. The summed E-state index contributed by atoms with van der Waals surface area (Å²) in [5, 5.41) is 3.31. The number of hydrogen-bond acceptors (Lipinski definition) is 6. The summed E-state index contributed by atoms with van der Waals surface area (Å²) < 4.78 is 16.1. The van der Waals surface area contributed by atoms with E-state index in [-0.39, 0.29) is 5.91 Å². The Bertz CT molecular complexity index is 891. The Morgan fingerprint density at radius 2 is 1.89 bits per heavy atom. The van der Waals surface area contributed by atoms with Crippen LogP contribution in [-0.4, -0.2) is 31.9 Å². The third-order valence-electron chi connectivity index (χ3n) is 3.75. The van der Waals surface area contributed by atoms with Crippen molar-refractivity contribution in [1.82, 2.24) is 5.32 Å². The molecule has 0 aromatic heterocycles. The highest BCUT2D eigenvalue weighted by molar-refractivity contribution is 8.18. The van der Waals surface area contributed by atoms with Crippen LogP contribution in [0, 0.1) is 0 Å². The van der Waals surface area contributed by atoms with Crippen molar-refractivity contribution in [3.8, 4) is 17.2 Å². The fourth-order valence-corrected chi connectivity index (χ4v) is 3.38. The molecule has 1 saturated heterocycles. The minimum Gasteiger partial charge on any atom is -0.494 e. The third kappa shape index (κ3) is 4.43. The Morgan fingerprint density at radius 3 is 2.56 bits per heavy atom. The van der Waals surface area contributed by atoms with E-state index in [9.17, 15) is 4.79 Å². The number of amidine groups is 1. The van der Waals surface area contributed by atoms with Crippen molar-refractivity contribution >= 4 is 34.6 Å². The van der Waals surface area contributed by atoms with E-state index < -0.39 is 0 Å². The maximum absolute atomic E-state index is 12.3. The summed E-state index contributed by atoms with van der Waals surface area (Å²) in [7, 11) is 3.15. The van der Waals surface area contributed by atoms with Crippen LogP contribution in [0.3, 0.4) is 0 Å². The zero-order chi connectivity index (χ0) is 19.2. The second kappa shape index (κ2) is 8.64. The molecule has 0 saturated carbocycles. The van der Waals surface area contributed by atoms with Crippen LogP contribution in [0.25, 0.3) is 6.08 Å². The largest absolute Gasteiger partial charge is 0.494 e. The summed E-state index contributed by atoms with van der Waals surface area (Å²) in [5.74, 6) is 1.78. The van der Waals surface area contributed by atoms with Gasteiger partial charge in [-0.1, -0.05) is 12.1 Å². The Balaban J connectivity index is 1.82. The first-order valence-corrected chi connectivity index (χ1v) is 9.19. The number of aliphatic imine (C=N–C) groups is 1. The molecule has 7 heteroatoms. The summed E-state index contributed by atoms with van der Waals surface area (Å²) >= 11 is 1.28. The molecular weight excluding hydrogens is 364 g/mol. The van der Waals surface area contributed by atoms with Crippen molar-refractivity contribution in [2.75, 3.05) is 20.8 Å². The van der Waals surface area contributed by atoms with Gasteiger partial charge in [0.05, 0.1) is 31.4 Å². The van der Waals surface area contributed by atoms with Crippen molar-refractivity contribution in [3.05, 3.63) is 52.9 Å². The number of carbonyl (C=O) groups is 1. The van der Waals surface area contributed by atoms with E-state index in [2.05, 4.69) is 10.3 Å². The number of hydrogen-bond donors (Lipinski definition) is 1. The maximum Gasteiger partial charge on any atom is 0.264 e. The molecule has 2 aromatic rings. The van der Waals surface area contributed by atoms with Crippen molar-refractivity contribution in [2.24, 2.45) is 4.99 Å². The van der Waals surface area contributed by atoms with E-state index in [0.29, 0.717) is 28.2 Å². The lowest BCUT2D eigenvalue weighted by molar-refractivity contribution is -0.115. The van der Waals surface area contributed by atoms with Gasteiger partial charge in [-0.2, -0.15) is 0 Å². The van der Waals surface area contributed by atoms with Crippen molar-refractivity contribution in [1.29, 1.82) is 0 Å². The molecule has 0 bridgehead atoms. The molecule has 1 aliphatic rings.